The van der Waals surface area contributed by atoms with Gasteiger partial charge in [0.05, 0.1) is 12.4 Å². The van der Waals surface area contributed by atoms with Crippen molar-refractivity contribution in [3.8, 4) is 17.2 Å². The van der Waals surface area contributed by atoms with E-state index in [1.165, 1.54) is 17.3 Å². The first-order valence-corrected chi connectivity index (χ1v) is 9.12. The molecule has 0 N–H and O–H groups in total. The predicted octanol–water partition coefficient (Wildman–Crippen LogP) is 4.73. The van der Waals surface area contributed by atoms with Crippen molar-refractivity contribution in [3.05, 3.63) is 59.2 Å². The van der Waals surface area contributed by atoms with Crippen molar-refractivity contribution in [1.82, 2.24) is 10.2 Å². The van der Waals surface area contributed by atoms with E-state index in [-0.39, 0.29) is 11.0 Å². The summed E-state index contributed by atoms with van der Waals surface area (Å²) in [6.45, 7) is 5.88. The fraction of sp³-hybridized carbons (Fsp3) is 0.250. The first-order valence-electron chi connectivity index (χ1n) is 8.24. The quantitative estimate of drug-likeness (QED) is 0.463. The van der Waals surface area contributed by atoms with Crippen LogP contribution in [-0.4, -0.2) is 28.3 Å². The lowest BCUT2D eigenvalue weighted by Gasteiger charge is -2.09. The Morgan fingerprint density at radius 3 is 2.46 bits per heavy atom. The van der Waals surface area contributed by atoms with Gasteiger partial charge < -0.3 is 9.15 Å². The second-order valence-electron chi connectivity index (χ2n) is 6.02. The lowest BCUT2D eigenvalue weighted by molar-refractivity contribution is 0.0993. The van der Waals surface area contributed by atoms with E-state index in [4.69, 9.17) is 9.15 Å². The Morgan fingerprint density at radius 1 is 1.08 bits per heavy atom. The van der Waals surface area contributed by atoms with E-state index in [2.05, 4.69) is 10.2 Å². The monoisotopic (exact) mass is 368 g/mol. The summed E-state index contributed by atoms with van der Waals surface area (Å²) in [6, 6.07) is 13.1. The number of benzene rings is 2. The second-order valence-corrected chi connectivity index (χ2v) is 7.32. The molecular weight excluding hydrogens is 348 g/mol. The molecule has 0 aliphatic carbocycles. The van der Waals surface area contributed by atoms with Gasteiger partial charge in [0.15, 0.2) is 5.78 Å². The number of aryl methyl sites for hydroxylation is 2. The molecule has 0 aliphatic rings. The van der Waals surface area contributed by atoms with Crippen molar-refractivity contribution in [2.45, 2.75) is 31.2 Å². The van der Waals surface area contributed by atoms with Crippen LogP contribution in [0, 0.1) is 13.8 Å². The molecule has 134 valence electrons. The number of hydrogen-bond donors (Lipinski definition) is 0. The van der Waals surface area contributed by atoms with Crippen molar-refractivity contribution in [2.75, 3.05) is 7.11 Å². The van der Waals surface area contributed by atoms with Crippen molar-refractivity contribution in [2.24, 2.45) is 0 Å². The van der Waals surface area contributed by atoms with E-state index in [0.717, 1.165) is 16.9 Å². The van der Waals surface area contributed by atoms with Gasteiger partial charge in [-0.3, -0.25) is 4.79 Å². The highest BCUT2D eigenvalue weighted by Gasteiger charge is 2.20. The number of ether oxygens (including phenoxy) is 1. The fourth-order valence-corrected chi connectivity index (χ4v) is 3.20. The number of aromatic nitrogens is 2. The van der Waals surface area contributed by atoms with E-state index in [9.17, 15) is 4.79 Å². The molecule has 1 aromatic heterocycles. The Kier molecular flexibility index (Phi) is 5.42. The van der Waals surface area contributed by atoms with E-state index < -0.39 is 0 Å². The molecule has 0 aliphatic heterocycles. The highest BCUT2D eigenvalue weighted by Crippen LogP contribution is 2.28. The SMILES string of the molecule is COc1ccc(-c2nnc(SC(C)C(=O)c3ccc(C)c(C)c3)o2)cc1. The Bertz CT molecular complexity index is 919. The average Bonchev–Trinajstić information content (AvgIpc) is 3.12. The largest absolute Gasteiger partial charge is 0.497 e. The van der Waals surface area contributed by atoms with Gasteiger partial charge in [-0.05, 0) is 62.2 Å². The molecular formula is C20H20N2O3S. The summed E-state index contributed by atoms with van der Waals surface area (Å²) in [5.74, 6) is 1.22. The van der Waals surface area contributed by atoms with Crippen molar-refractivity contribution in [1.29, 1.82) is 0 Å². The van der Waals surface area contributed by atoms with Crippen LogP contribution >= 0.6 is 11.8 Å². The van der Waals surface area contributed by atoms with Crippen LogP contribution in [-0.2, 0) is 0 Å². The van der Waals surface area contributed by atoms with E-state index in [0.29, 0.717) is 16.7 Å². The van der Waals surface area contributed by atoms with E-state index >= 15 is 0 Å². The zero-order valence-electron chi connectivity index (χ0n) is 15.1. The zero-order chi connectivity index (χ0) is 18.7. The molecule has 1 atom stereocenters. The number of Topliss-reactive ketones (excluding diaryl/α,β-unsaturated/α-hetero) is 1. The maximum absolute atomic E-state index is 12.6. The van der Waals surface area contributed by atoms with Gasteiger partial charge in [-0.25, -0.2) is 0 Å². The molecule has 0 bridgehead atoms. The summed E-state index contributed by atoms with van der Waals surface area (Å²) in [7, 11) is 1.62. The van der Waals surface area contributed by atoms with Crippen LogP contribution in [0.5, 0.6) is 5.75 Å². The molecule has 0 spiro atoms. The van der Waals surface area contributed by atoms with Gasteiger partial charge in [-0.15, -0.1) is 10.2 Å². The fourth-order valence-electron chi connectivity index (χ4n) is 2.44. The van der Waals surface area contributed by atoms with Crippen LogP contribution in [0.3, 0.4) is 0 Å². The van der Waals surface area contributed by atoms with Crippen LogP contribution < -0.4 is 4.74 Å². The number of ketones is 1. The van der Waals surface area contributed by atoms with Crippen LogP contribution in [0.4, 0.5) is 0 Å². The van der Waals surface area contributed by atoms with Crippen molar-refractivity contribution >= 4 is 17.5 Å². The number of hydrogen-bond acceptors (Lipinski definition) is 6. The highest BCUT2D eigenvalue weighted by atomic mass is 32.2. The first-order chi connectivity index (χ1) is 12.5. The first kappa shape index (κ1) is 18.2. The number of methoxy groups -OCH3 is 1. The molecule has 5 nitrogen and oxygen atoms in total. The number of carbonyl (C=O) groups is 1. The van der Waals surface area contributed by atoms with Crippen molar-refractivity contribution in [3.63, 3.8) is 0 Å². The molecule has 3 rings (SSSR count). The number of rotatable bonds is 6. The normalized spacial score (nSPS) is 12.0. The van der Waals surface area contributed by atoms with Crippen LogP contribution in [0.15, 0.2) is 52.1 Å². The van der Waals surface area contributed by atoms with Gasteiger partial charge in [0.2, 0.25) is 5.89 Å². The molecule has 0 fully saturated rings. The second kappa shape index (κ2) is 7.74. The summed E-state index contributed by atoms with van der Waals surface area (Å²) in [6.07, 6.45) is 0. The van der Waals surface area contributed by atoms with Gasteiger partial charge in [0.25, 0.3) is 5.22 Å². The van der Waals surface area contributed by atoms with Gasteiger partial charge >= 0.3 is 0 Å². The molecule has 3 aromatic rings. The minimum atomic E-state index is -0.318. The summed E-state index contributed by atoms with van der Waals surface area (Å²) < 4.78 is 10.8. The van der Waals surface area contributed by atoms with E-state index in [1.807, 2.05) is 63.2 Å². The Balaban J connectivity index is 1.71. The lowest BCUT2D eigenvalue weighted by atomic mass is 10.0. The molecule has 6 heteroatoms. The highest BCUT2D eigenvalue weighted by molar-refractivity contribution is 8.00. The topological polar surface area (TPSA) is 65.2 Å². The summed E-state index contributed by atoms with van der Waals surface area (Å²) >= 11 is 1.27. The van der Waals surface area contributed by atoms with Gasteiger partial charge in [-0.2, -0.15) is 0 Å². The number of nitrogens with zero attached hydrogens (tertiary/aromatic N) is 2. The van der Waals surface area contributed by atoms with Gasteiger partial charge in [0.1, 0.15) is 5.75 Å². The van der Waals surface area contributed by atoms with Crippen LogP contribution in [0.1, 0.15) is 28.4 Å². The van der Waals surface area contributed by atoms with E-state index in [1.54, 1.807) is 7.11 Å². The smallest absolute Gasteiger partial charge is 0.277 e. The Hall–Kier alpha value is -2.60. The van der Waals surface area contributed by atoms with Crippen LogP contribution in [0.25, 0.3) is 11.5 Å². The Morgan fingerprint density at radius 2 is 1.81 bits per heavy atom. The van der Waals surface area contributed by atoms with Crippen LogP contribution in [0.2, 0.25) is 0 Å². The maximum atomic E-state index is 12.6. The summed E-state index contributed by atoms with van der Waals surface area (Å²) in [5, 5.41) is 8.17. The minimum Gasteiger partial charge on any atom is -0.497 e. The summed E-state index contributed by atoms with van der Waals surface area (Å²) in [5.41, 5.74) is 3.77. The minimum absolute atomic E-state index is 0.0438. The number of thioether (sulfide) groups is 1. The van der Waals surface area contributed by atoms with Gasteiger partial charge in [0, 0.05) is 11.1 Å². The summed E-state index contributed by atoms with van der Waals surface area (Å²) in [4.78, 5) is 12.6. The molecule has 26 heavy (non-hydrogen) atoms. The standard InChI is InChI=1S/C20H20N2O3S/c1-12-5-6-16(11-13(12)2)18(23)14(3)26-20-22-21-19(25-20)15-7-9-17(24-4)10-8-15/h5-11,14H,1-4H3. The molecule has 0 radical (unpaired) electrons. The van der Waals surface area contributed by atoms with Gasteiger partial charge in [-0.1, -0.05) is 23.9 Å². The molecule has 0 saturated heterocycles. The molecule has 2 aromatic carbocycles. The third-order valence-corrected chi connectivity index (χ3v) is 5.12. The third-order valence-electron chi connectivity index (χ3n) is 4.18. The molecule has 1 unspecified atom stereocenters. The maximum Gasteiger partial charge on any atom is 0.277 e. The molecule has 0 amide bonds. The average molecular weight is 368 g/mol. The third kappa shape index (κ3) is 3.96. The lowest BCUT2D eigenvalue weighted by Crippen LogP contribution is -2.13. The van der Waals surface area contributed by atoms with Crippen molar-refractivity contribution < 1.29 is 13.9 Å². The number of carbonyl (C=O) groups excluding carboxylic acids is 1. The predicted molar refractivity (Wildman–Crippen MR) is 102 cm³/mol. The molecule has 1 heterocycles. The zero-order valence-corrected chi connectivity index (χ0v) is 16.0. The molecule has 0 saturated carbocycles. The Labute approximate surface area is 156 Å².